The summed E-state index contributed by atoms with van der Waals surface area (Å²) in [6.07, 6.45) is 0. The van der Waals surface area contributed by atoms with Gasteiger partial charge in [-0.2, -0.15) is 0 Å². The molecule has 0 radical (unpaired) electrons. The zero-order valence-electron chi connectivity index (χ0n) is 27.2. The number of alkyl halides is 3. The van der Waals surface area contributed by atoms with Crippen molar-refractivity contribution in [2.75, 3.05) is 155 Å². The van der Waals surface area contributed by atoms with E-state index in [9.17, 15) is 0 Å². The van der Waals surface area contributed by atoms with Crippen molar-refractivity contribution in [1.82, 2.24) is 0 Å². The fourth-order valence-corrected chi connectivity index (χ4v) is 4.46. The van der Waals surface area contributed by atoms with Crippen molar-refractivity contribution in [2.45, 2.75) is 6.61 Å². The molecule has 0 fully saturated rings. The smallest absolute Gasteiger partial charge is 0.0718 e. The molecule has 0 bridgehead atoms. The van der Waals surface area contributed by atoms with Crippen molar-refractivity contribution < 1.29 is 52.1 Å². The molecule has 46 heavy (non-hydrogen) atoms. The van der Waals surface area contributed by atoms with E-state index in [1.165, 1.54) is 0 Å². The van der Waals surface area contributed by atoms with E-state index in [-0.39, 0.29) is 0 Å². The second kappa shape index (κ2) is 35.1. The molecule has 0 saturated heterocycles. The van der Waals surface area contributed by atoms with Crippen LogP contribution in [0.5, 0.6) is 0 Å². The molecule has 0 aliphatic carbocycles. The molecule has 0 amide bonds. The van der Waals surface area contributed by atoms with Crippen LogP contribution in [0.25, 0.3) is 0 Å². The number of halogens is 3. The second-order valence-electron chi connectivity index (χ2n) is 9.99. The lowest BCUT2D eigenvalue weighted by atomic mass is 9.92. The summed E-state index contributed by atoms with van der Waals surface area (Å²) in [6, 6.07) is 10.1. The molecule has 0 saturated carbocycles. The minimum atomic E-state index is -0.518. The summed E-state index contributed by atoms with van der Waals surface area (Å²) in [6.45, 7) is 10.9. The molecule has 14 heteroatoms. The van der Waals surface area contributed by atoms with Crippen LogP contribution in [0.3, 0.4) is 0 Å². The maximum atomic E-state index is 6.06. The third-order valence-electron chi connectivity index (χ3n) is 6.01. The maximum Gasteiger partial charge on any atom is 0.0718 e. The van der Waals surface area contributed by atoms with Gasteiger partial charge in [0.1, 0.15) is 0 Å². The lowest BCUT2D eigenvalue weighted by Gasteiger charge is -2.33. The summed E-state index contributed by atoms with van der Waals surface area (Å²) >= 11 is 10.1. The molecule has 0 heterocycles. The molecular weight excluding hydrogens is 800 g/mol. The first-order valence-electron chi connectivity index (χ1n) is 15.8. The van der Waals surface area contributed by atoms with Gasteiger partial charge in [-0.3, -0.25) is 0 Å². The molecule has 0 aliphatic heterocycles. The second-order valence-corrected chi connectivity index (χ2v) is 12.4. The van der Waals surface area contributed by atoms with Crippen LogP contribution < -0.4 is 0 Å². The van der Waals surface area contributed by atoms with Crippen LogP contribution in [0.4, 0.5) is 0 Å². The Morgan fingerprint density at radius 2 is 0.630 bits per heavy atom. The number of hydrogen-bond acceptors (Lipinski definition) is 11. The van der Waals surface area contributed by atoms with Crippen molar-refractivity contribution in [3.63, 3.8) is 0 Å². The number of benzene rings is 1. The van der Waals surface area contributed by atoms with Crippen molar-refractivity contribution in [1.29, 1.82) is 0 Å². The van der Waals surface area contributed by atoms with E-state index in [4.69, 9.17) is 52.1 Å². The first kappa shape index (κ1) is 44.2. The van der Waals surface area contributed by atoms with E-state index in [2.05, 4.69) is 47.8 Å². The molecule has 1 aromatic rings. The number of ether oxygens (including phenoxy) is 11. The third kappa shape index (κ3) is 28.1. The first-order valence-corrected chi connectivity index (χ1v) is 19.2. The SMILES string of the molecule is BrCCOCCOCC(COCCOCCBr)(COCCOCCBr)COCCOCCOCCOCCOCc1ccccc1. The number of hydrogen-bond donors (Lipinski definition) is 0. The van der Waals surface area contributed by atoms with E-state index in [0.29, 0.717) is 145 Å². The first-order chi connectivity index (χ1) is 22.8. The zero-order chi connectivity index (χ0) is 33.1. The highest BCUT2D eigenvalue weighted by atomic mass is 79.9. The monoisotopic (exact) mass is 852 g/mol. The summed E-state index contributed by atoms with van der Waals surface area (Å²) in [7, 11) is 0. The predicted octanol–water partition coefficient (Wildman–Crippen LogP) is 4.54. The lowest BCUT2D eigenvalue weighted by molar-refractivity contribution is -0.121. The van der Waals surface area contributed by atoms with Crippen LogP contribution in [-0.4, -0.2) is 155 Å². The quantitative estimate of drug-likeness (QED) is 0.0698. The fourth-order valence-electron chi connectivity index (χ4n) is 3.77. The van der Waals surface area contributed by atoms with Gasteiger partial charge in [0.05, 0.1) is 151 Å². The Balaban J connectivity index is 2.30. The summed E-state index contributed by atoms with van der Waals surface area (Å²) in [5, 5.41) is 2.36. The Bertz CT molecular complexity index is 700. The fraction of sp³-hybridized carbons (Fsp3) is 0.812. The van der Waals surface area contributed by atoms with Gasteiger partial charge >= 0.3 is 0 Å². The molecule has 270 valence electrons. The van der Waals surface area contributed by atoms with Gasteiger partial charge in [0.15, 0.2) is 0 Å². The van der Waals surface area contributed by atoms with Gasteiger partial charge in [0, 0.05) is 16.0 Å². The van der Waals surface area contributed by atoms with Crippen molar-refractivity contribution >= 4 is 47.8 Å². The molecular formula is C32H55Br3O11. The van der Waals surface area contributed by atoms with Crippen LogP contribution in [0, 0.1) is 5.41 Å². The molecule has 0 unspecified atom stereocenters. The zero-order valence-corrected chi connectivity index (χ0v) is 31.9. The maximum absolute atomic E-state index is 6.06. The van der Waals surface area contributed by atoms with Gasteiger partial charge in [-0.1, -0.05) is 78.1 Å². The van der Waals surface area contributed by atoms with Crippen molar-refractivity contribution in [3.05, 3.63) is 35.9 Å². The Morgan fingerprint density at radius 1 is 0.348 bits per heavy atom. The molecule has 0 atom stereocenters. The third-order valence-corrected chi connectivity index (χ3v) is 6.98. The molecule has 0 spiro atoms. The molecule has 11 nitrogen and oxygen atoms in total. The summed E-state index contributed by atoms with van der Waals surface area (Å²) in [5.41, 5.74) is 0.635. The Hall–Kier alpha value is 0.220. The van der Waals surface area contributed by atoms with Crippen molar-refractivity contribution in [3.8, 4) is 0 Å². The average molecular weight is 855 g/mol. The molecule has 0 aliphatic rings. The van der Waals surface area contributed by atoms with Gasteiger partial charge in [0.25, 0.3) is 0 Å². The molecule has 1 rings (SSSR count). The van der Waals surface area contributed by atoms with Gasteiger partial charge in [-0.15, -0.1) is 0 Å². The van der Waals surface area contributed by atoms with Crippen LogP contribution >= 0.6 is 47.8 Å². The summed E-state index contributed by atoms with van der Waals surface area (Å²) in [5.74, 6) is 0. The molecule has 0 aromatic heterocycles. The largest absolute Gasteiger partial charge is 0.378 e. The van der Waals surface area contributed by atoms with Gasteiger partial charge in [-0.05, 0) is 5.56 Å². The van der Waals surface area contributed by atoms with Crippen LogP contribution in [0.2, 0.25) is 0 Å². The predicted molar refractivity (Wildman–Crippen MR) is 188 cm³/mol. The van der Waals surface area contributed by atoms with E-state index >= 15 is 0 Å². The minimum absolute atomic E-state index is 0.381. The van der Waals surface area contributed by atoms with Gasteiger partial charge in [-0.25, -0.2) is 0 Å². The lowest BCUT2D eigenvalue weighted by Crippen LogP contribution is -2.43. The summed E-state index contributed by atoms with van der Waals surface area (Å²) < 4.78 is 63.1. The standard InChI is InChI=1S/C32H55Br3O11/c33-6-9-36-17-22-43-27-32(28-44-23-18-37-10-7-34,29-45-24-19-38-11-8-35)30-46-25-20-41-15-13-39-12-14-40-16-21-42-26-31-4-2-1-3-5-31/h1-5H,6-30H2. The highest BCUT2D eigenvalue weighted by Crippen LogP contribution is 2.21. The van der Waals surface area contributed by atoms with Crippen LogP contribution in [0.1, 0.15) is 5.56 Å². The Labute approximate surface area is 301 Å². The topological polar surface area (TPSA) is 102 Å². The Morgan fingerprint density at radius 3 is 0.957 bits per heavy atom. The van der Waals surface area contributed by atoms with Crippen molar-refractivity contribution in [2.24, 2.45) is 5.41 Å². The minimum Gasteiger partial charge on any atom is -0.378 e. The van der Waals surface area contributed by atoms with Gasteiger partial charge < -0.3 is 52.1 Å². The van der Waals surface area contributed by atoms with E-state index < -0.39 is 5.41 Å². The highest BCUT2D eigenvalue weighted by molar-refractivity contribution is 9.09. The molecule has 1 aromatic carbocycles. The van der Waals surface area contributed by atoms with Crippen LogP contribution in [0.15, 0.2) is 30.3 Å². The van der Waals surface area contributed by atoms with Gasteiger partial charge in [0.2, 0.25) is 0 Å². The van der Waals surface area contributed by atoms with Crippen LogP contribution in [-0.2, 0) is 58.7 Å². The Kier molecular flexibility index (Phi) is 33.7. The highest BCUT2D eigenvalue weighted by Gasteiger charge is 2.32. The number of rotatable bonds is 37. The van der Waals surface area contributed by atoms with E-state index in [1.54, 1.807) is 0 Å². The average Bonchev–Trinajstić information content (AvgIpc) is 3.08. The molecule has 0 N–H and O–H groups in total. The summed E-state index contributed by atoms with van der Waals surface area (Å²) in [4.78, 5) is 0. The normalized spacial score (nSPS) is 11.9. The van der Waals surface area contributed by atoms with E-state index in [0.717, 1.165) is 21.6 Å². The van der Waals surface area contributed by atoms with E-state index in [1.807, 2.05) is 30.3 Å².